The first-order chi connectivity index (χ1) is 24.4. The number of imidazole rings is 1. The van der Waals surface area contributed by atoms with E-state index in [0.29, 0.717) is 56.7 Å². The molecule has 0 spiro atoms. The van der Waals surface area contributed by atoms with Crippen molar-refractivity contribution in [2.75, 3.05) is 26.2 Å². The quantitative estimate of drug-likeness (QED) is 0.197. The Morgan fingerprint density at radius 3 is 2.15 bits per heavy atom. The van der Waals surface area contributed by atoms with Crippen molar-refractivity contribution < 1.29 is 44.3 Å². The minimum Gasteiger partial charge on any atom is -0.394 e. The zero-order chi connectivity index (χ0) is 38.1. The van der Waals surface area contributed by atoms with Gasteiger partial charge in [0.1, 0.15) is 35.6 Å². The number of rotatable bonds is 11. The number of piperazine rings is 1. The van der Waals surface area contributed by atoms with Gasteiger partial charge in [0.25, 0.3) is 5.91 Å². The number of benzene rings is 1. The first-order valence-corrected chi connectivity index (χ1v) is 18.0. The van der Waals surface area contributed by atoms with Gasteiger partial charge in [0.2, 0.25) is 5.91 Å². The number of hydrogen-bond donors (Lipinski definition) is 5. The summed E-state index contributed by atoms with van der Waals surface area (Å²) in [4.78, 5) is 48.9. The molecule has 1 saturated heterocycles. The SMILES string of the molecule is CC(C)(C)c1cc(-c2ccc(F)cc2)nn2cc(C(=O)N3CCN(C(=O)C4CCC(C(=O)CC[C@H](O)[C@@H](O)[C@H](O)[C@H](O)CO)CC4)CC3(C)C)nc12. The molecule has 4 atom stereocenters. The molecule has 1 aliphatic carbocycles. The van der Waals surface area contributed by atoms with E-state index in [2.05, 4.69) is 20.8 Å². The van der Waals surface area contributed by atoms with Crippen LogP contribution in [0.25, 0.3) is 16.9 Å². The lowest BCUT2D eigenvalue weighted by Gasteiger charge is -2.47. The van der Waals surface area contributed by atoms with E-state index in [1.54, 1.807) is 32.6 Å². The summed E-state index contributed by atoms with van der Waals surface area (Å²) < 4.78 is 15.2. The number of nitrogens with zero attached hydrogens (tertiary/aromatic N) is 5. The van der Waals surface area contributed by atoms with E-state index < -0.39 is 36.6 Å². The molecule has 2 fully saturated rings. The lowest BCUT2D eigenvalue weighted by Crippen LogP contribution is -2.62. The molecule has 1 aromatic carbocycles. The van der Waals surface area contributed by atoms with Crippen LogP contribution in [0.4, 0.5) is 4.39 Å². The number of halogens is 1. The third-order valence-corrected chi connectivity index (χ3v) is 10.6. The highest BCUT2D eigenvalue weighted by atomic mass is 19.1. The van der Waals surface area contributed by atoms with Crippen molar-refractivity contribution in [2.45, 2.75) is 109 Å². The van der Waals surface area contributed by atoms with Crippen molar-refractivity contribution in [1.82, 2.24) is 24.4 Å². The molecule has 1 saturated carbocycles. The molecule has 13 nitrogen and oxygen atoms in total. The number of carbonyl (C=O) groups excluding carboxylic acids is 3. The summed E-state index contributed by atoms with van der Waals surface area (Å²) in [6.45, 7) is 10.2. The van der Waals surface area contributed by atoms with Crippen LogP contribution in [-0.4, -0.2) is 124 Å². The average molecular weight is 726 g/mol. The van der Waals surface area contributed by atoms with E-state index in [1.165, 1.54) is 12.1 Å². The van der Waals surface area contributed by atoms with Gasteiger partial charge in [0, 0.05) is 49.0 Å². The van der Waals surface area contributed by atoms with Crippen molar-refractivity contribution in [3.8, 4) is 11.3 Å². The molecule has 3 heterocycles. The molecular weight excluding hydrogens is 673 g/mol. The number of aliphatic hydroxyl groups is 5. The second-order valence-corrected chi connectivity index (χ2v) is 16.0. The summed E-state index contributed by atoms with van der Waals surface area (Å²) in [5, 5.41) is 53.2. The Morgan fingerprint density at radius 1 is 0.942 bits per heavy atom. The van der Waals surface area contributed by atoms with Crippen molar-refractivity contribution >= 4 is 23.2 Å². The van der Waals surface area contributed by atoms with Gasteiger partial charge in [-0.2, -0.15) is 5.10 Å². The molecule has 2 aromatic heterocycles. The number of carbonyl (C=O) groups is 3. The van der Waals surface area contributed by atoms with Gasteiger partial charge in [-0.3, -0.25) is 14.4 Å². The summed E-state index contributed by atoms with van der Waals surface area (Å²) in [5.74, 6) is -1.22. The fourth-order valence-corrected chi connectivity index (χ4v) is 7.40. The molecule has 0 bridgehead atoms. The number of ketones is 1. The van der Waals surface area contributed by atoms with E-state index in [-0.39, 0.29) is 59.2 Å². The average Bonchev–Trinajstić information content (AvgIpc) is 3.55. The smallest absolute Gasteiger partial charge is 0.274 e. The second kappa shape index (κ2) is 15.7. The van der Waals surface area contributed by atoms with Crippen LogP contribution in [-0.2, 0) is 15.0 Å². The molecule has 14 heteroatoms. The van der Waals surface area contributed by atoms with Crippen LogP contribution < -0.4 is 0 Å². The van der Waals surface area contributed by atoms with Crippen LogP contribution in [0, 0.1) is 17.7 Å². The molecule has 1 aliphatic heterocycles. The molecule has 284 valence electrons. The first kappa shape index (κ1) is 39.4. The molecule has 3 aromatic rings. The van der Waals surface area contributed by atoms with Gasteiger partial charge >= 0.3 is 0 Å². The standard InChI is InChI=1S/C38H52FN5O8/c1-37(2,3)26-18-27(22-10-12-25(39)13-11-22)41-44-19-28(40-34(26)44)36(52)43-17-16-42(21-38(43,4)5)35(51)24-8-6-23(7-9-24)29(46)14-15-30(47)32(49)33(50)31(48)20-45/h10-13,18-19,23-24,30-33,45,47-50H,6-9,14-17,20-21H2,1-5H3/t23?,24?,30-,31+,32+,33+/m0/s1. The number of aromatic nitrogens is 3. The molecule has 5 N–H and O–H groups in total. The second-order valence-electron chi connectivity index (χ2n) is 16.0. The van der Waals surface area contributed by atoms with E-state index in [4.69, 9.17) is 15.2 Å². The Bertz CT molecular complexity index is 1750. The van der Waals surface area contributed by atoms with E-state index in [0.717, 1.165) is 11.1 Å². The highest BCUT2D eigenvalue weighted by Crippen LogP contribution is 2.34. The maximum atomic E-state index is 14.0. The number of amides is 2. The van der Waals surface area contributed by atoms with Crippen molar-refractivity contribution in [1.29, 1.82) is 0 Å². The summed E-state index contributed by atoms with van der Waals surface area (Å²) in [6.07, 6.45) is -2.90. The predicted octanol–water partition coefficient (Wildman–Crippen LogP) is 2.49. The molecule has 0 radical (unpaired) electrons. The molecular formula is C38H52FN5O8. The number of fused-ring (bicyclic) bond motifs is 1. The molecule has 52 heavy (non-hydrogen) atoms. The highest BCUT2D eigenvalue weighted by Gasteiger charge is 2.42. The fraction of sp³-hybridized carbons (Fsp3) is 0.605. The van der Waals surface area contributed by atoms with E-state index in [1.807, 2.05) is 19.9 Å². The topological polar surface area (TPSA) is 189 Å². The summed E-state index contributed by atoms with van der Waals surface area (Å²) in [5.41, 5.74) is 2.04. The van der Waals surface area contributed by atoms with Crippen LogP contribution in [0.5, 0.6) is 0 Å². The van der Waals surface area contributed by atoms with Crippen LogP contribution in [0.15, 0.2) is 36.5 Å². The zero-order valence-corrected chi connectivity index (χ0v) is 30.6. The minimum absolute atomic E-state index is 0.00104. The van der Waals surface area contributed by atoms with Crippen molar-refractivity contribution in [2.24, 2.45) is 11.8 Å². The minimum atomic E-state index is -1.74. The van der Waals surface area contributed by atoms with Crippen molar-refractivity contribution in [3.05, 3.63) is 53.6 Å². The van der Waals surface area contributed by atoms with Gasteiger partial charge in [0.15, 0.2) is 5.65 Å². The van der Waals surface area contributed by atoms with Crippen LogP contribution in [0.1, 0.15) is 89.2 Å². The maximum Gasteiger partial charge on any atom is 0.274 e. The third kappa shape index (κ3) is 8.52. The molecule has 0 unspecified atom stereocenters. The van der Waals surface area contributed by atoms with Crippen LogP contribution >= 0.6 is 0 Å². The summed E-state index contributed by atoms with van der Waals surface area (Å²) >= 11 is 0. The first-order valence-electron chi connectivity index (χ1n) is 18.0. The molecule has 2 amide bonds. The fourth-order valence-electron chi connectivity index (χ4n) is 7.40. The lowest BCUT2D eigenvalue weighted by atomic mass is 9.78. The van der Waals surface area contributed by atoms with Gasteiger partial charge in [-0.1, -0.05) is 20.8 Å². The van der Waals surface area contributed by atoms with Gasteiger partial charge in [-0.05, 0) is 81.7 Å². The normalized spacial score (nSPS) is 21.8. The van der Waals surface area contributed by atoms with Crippen LogP contribution in [0.2, 0.25) is 0 Å². The summed E-state index contributed by atoms with van der Waals surface area (Å²) in [7, 11) is 0. The number of hydrogen-bond acceptors (Lipinski definition) is 10. The van der Waals surface area contributed by atoms with Gasteiger partial charge in [-0.25, -0.2) is 13.9 Å². The zero-order valence-electron chi connectivity index (χ0n) is 30.6. The van der Waals surface area contributed by atoms with E-state index >= 15 is 0 Å². The highest BCUT2D eigenvalue weighted by molar-refractivity contribution is 5.94. The molecule has 5 rings (SSSR count). The Kier molecular flexibility index (Phi) is 11.9. The monoisotopic (exact) mass is 725 g/mol. The lowest BCUT2D eigenvalue weighted by molar-refractivity contribution is -0.142. The predicted molar refractivity (Wildman–Crippen MR) is 190 cm³/mol. The Balaban J connectivity index is 1.19. The van der Waals surface area contributed by atoms with Gasteiger partial charge in [-0.15, -0.1) is 0 Å². The van der Waals surface area contributed by atoms with Gasteiger partial charge < -0.3 is 35.3 Å². The van der Waals surface area contributed by atoms with Crippen molar-refractivity contribution in [3.63, 3.8) is 0 Å². The number of Topliss-reactive ketones (excluding diaryl/α,β-unsaturated/α-hetero) is 1. The number of aliphatic hydroxyl groups excluding tert-OH is 5. The third-order valence-electron chi connectivity index (χ3n) is 10.6. The Morgan fingerprint density at radius 2 is 1.56 bits per heavy atom. The summed E-state index contributed by atoms with van der Waals surface area (Å²) in [6, 6.07) is 8.03. The van der Waals surface area contributed by atoms with E-state index in [9.17, 15) is 39.2 Å². The Hall–Kier alpha value is -3.82. The largest absolute Gasteiger partial charge is 0.394 e. The Labute approximate surface area is 303 Å². The molecule has 2 aliphatic rings. The van der Waals surface area contributed by atoms with Crippen LogP contribution in [0.3, 0.4) is 0 Å². The maximum absolute atomic E-state index is 14.0. The van der Waals surface area contributed by atoms with Gasteiger partial charge in [0.05, 0.1) is 30.1 Å².